The average molecular weight is 348 g/mol. The molecule has 2 atom stereocenters. The van der Waals surface area contributed by atoms with Crippen molar-refractivity contribution in [3.8, 4) is 0 Å². The predicted octanol–water partition coefficient (Wildman–Crippen LogP) is -1.91. The topological polar surface area (TPSA) is 151 Å². The van der Waals surface area contributed by atoms with Crippen molar-refractivity contribution in [3.63, 3.8) is 0 Å². The molecule has 0 rings (SSSR count). The number of rotatable bonds is 10. The third-order valence-corrected chi connectivity index (χ3v) is 3.10. The minimum absolute atomic E-state index is 0.0159. The number of nitrogens with one attached hydrogen (secondary N) is 3. The normalized spacial score (nSPS) is 13.1. The molecular formula is C13H24N4O5S. The van der Waals surface area contributed by atoms with Crippen molar-refractivity contribution in [2.75, 3.05) is 18.8 Å². The summed E-state index contributed by atoms with van der Waals surface area (Å²) in [4.78, 5) is 45.4. The second-order valence-electron chi connectivity index (χ2n) is 5.37. The van der Waals surface area contributed by atoms with Gasteiger partial charge in [0.25, 0.3) is 0 Å². The first-order valence-electron chi connectivity index (χ1n) is 7.10. The van der Waals surface area contributed by atoms with E-state index < -0.39 is 42.3 Å². The summed E-state index contributed by atoms with van der Waals surface area (Å²) >= 11 is 3.92. The molecule has 0 radical (unpaired) electrons. The van der Waals surface area contributed by atoms with Crippen LogP contribution in [0, 0.1) is 5.92 Å². The van der Waals surface area contributed by atoms with Crippen LogP contribution in [0.1, 0.15) is 20.3 Å². The van der Waals surface area contributed by atoms with Crippen LogP contribution in [0.2, 0.25) is 0 Å². The molecule has 0 aliphatic rings. The van der Waals surface area contributed by atoms with E-state index in [4.69, 9.17) is 10.8 Å². The molecule has 132 valence electrons. The second kappa shape index (κ2) is 10.8. The number of amides is 3. The Labute approximate surface area is 140 Å². The highest BCUT2D eigenvalue weighted by Crippen LogP contribution is 2.02. The van der Waals surface area contributed by atoms with Crippen molar-refractivity contribution in [2.24, 2.45) is 11.7 Å². The highest BCUT2D eigenvalue weighted by molar-refractivity contribution is 7.80. The Morgan fingerprint density at radius 2 is 1.65 bits per heavy atom. The van der Waals surface area contributed by atoms with Gasteiger partial charge in [-0.2, -0.15) is 12.6 Å². The maximum Gasteiger partial charge on any atom is 0.322 e. The van der Waals surface area contributed by atoms with E-state index in [0.717, 1.165) is 0 Å². The van der Waals surface area contributed by atoms with Crippen LogP contribution in [0.3, 0.4) is 0 Å². The maximum absolute atomic E-state index is 11.7. The molecule has 2 unspecified atom stereocenters. The second-order valence-corrected chi connectivity index (χ2v) is 5.73. The lowest BCUT2D eigenvalue weighted by atomic mass is 10.0. The van der Waals surface area contributed by atoms with Gasteiger partial charge in [0.05, 0.1) is 12.6 Å². The largest absolute Gasteiger partial charge is 0.480 e. The smallest absolute Gasteiger partial charge is 0.322 e. The molecule has 0 aromatic rings. The fraction of sp³-hybridized carbons (Fsp3) is 0.692. The minimum atomic E-state index is -1.20. The lowest BCUT2D eigenvalue weighted by molar-refractivity contribution is -0.138. The Balaban J connectivity index is 4.27. The molecular weight excluding hydrogens is 324 g/mol. The number of carboxylic acids is 1. The highest BCUT2D eigenvalue weighted by Gasteiger charge is 2.21. The summed E-state index contributed by atoms with van der Waals surface area (Å²) in [7, 11) is 0. The standard InChI is InChI=1S/C13H24N4O5S/c1-7(2)3-8(14)12(21)15-4-10(18)17-9(6-23)13(22)16-5-11(19)20/h7-9,23H,3-6,14H2,1-2H3,(H,15,21)(H,16,22)(H,17,18)(H,19,20). The SMILES string of the molecule is CC(C)CC(N)C(=O)NCC(=O)NC(CS)C(=O)NCC(=O)O. The fourth-order valence-corrected chi connectivity index (χ4v) is 1.90. The molecule has 0 spiro atoms. The first kappa shape index (κ1) is 21.2. The minimum Gasteiger partial charge on any atom is -0.480 e. The Hall–Kier alpha value is -1.81. The van der Waals surface area contributed by atoms with E-state index in [1.165, 1.54) is 0 Å². The summed E-state index contributed by atoms with van der Waals surface area (Å²) in [6.45, 7) is 2.96. The van der Waals surface area contributed by atoms with Crippen molar-refractivity contribution in [2.45, 2.75) is 32.4 Å². The van der Waals surface area contributed by atoms with Gasteiger partial charge in [-0.3, -0.25) is 19.2 Å². The molecule has 0 fully saturated rings. The number of aliphatic carboxylic acids is 1. The van der Waals surface area contributed by atoms with Crippen LogP contribution in [0.5, 0.6) is 0 Å². The lowest BCUT2D eigenvalue weighted by Crippen LogP contribution is -2.52. The molecule has 0 aliphatic heterocycles. The third kappa shape index (κ3) is 9.74. The molecule has 23 heavy (non-hydrogen) atoms. The van der Waals surface area contributed by atoms with Crippen molar-refractivity contribution in [1.82, 2.24) is 16.0 Å². The van der Waals surface area contributed by atoms with Gasteiger partial charge in [-0.15, -0.1) is 0 Å². The Bertz CT molecular complexity index is 444. The van der Waals surface area contributed by atoms with Crippen LogP contribution < -0.4 is 21.7 Å². The number of hydrogen-bond acceptors (Lipinski definition) is 6. The van der Waals surface area contributed by atoms with Crippen LogP contribution in [0.4, 0.5) is 0 Å². The van der Waals surface area contributed by atoms with Crippen molar-refractivity contribution >= 4 is 36.3 Å². The summed E-state index contributed by atoms with van der Waals surface area (Å²) in [5.41, 5.74) is 5.67. The molecule has 9 nitrogen and oxygen atoms in total. The number of carboxylic acid groups (broad SMARTS) is 1. The molecule has 0 heterocycles. The van der Waals surface area contributed by atoms with Crippen LogP contribution in [-0.2, 0) is 19.2 Å². The van der Waals surface area contributed by atoms with Crippen LogP contribution >= 0.6 is 12.6 Å². The van der Waals surface area contributed by atoms with Gasteiger partial charge in [0.2, 0.25) is 17.7 Å². The van der Waals surface area contributed by atoms with Crippen molar-refractivity contribution in [1.29, 1.82) is 0 Å². The van der Waals surface area contributed by atoms with Gasteiger partial charge in [0.1, 0.15) is 12.6 Å². The summed E-state index contributed by atoms with van der Waals surface area (Å²) in [6.07, 6.45) is 0.490. The summed E-state index contributed by atoms with van der Waals surface area (Å²) < 4.78 is 0. The van der Waals surface area contributed by atoms with Crippen LogP contribution in [0.25, 0.3) is 0 Å². The first-order valence-corrected chi connectivity index (χ1v) is 7.73. The molecule has 0 saturated heterocycles. The van der Waals surface area contributed by atoms with Gasteiger partial charge >= 0.3 is 5.97 Å². The van der Waals surface area contributed by atoms with E-state index in [-0.39, 0.29) is 18.2 Å². The maximum atomic E-state index is 11.7. The molecule has 6 N–H and O–H groups in total. The Morgan fingerprint density at radius 3 is 2.13 bits per heavy atom. The lowest BCUT2D eigenvalue weighted by Gasteiger charge is -2.17. The molecule has 0 bridgehead atoms. The molecule has 0 aromatic heterocycles. The third-order valence-electron chi connectivity index (χ3n) is 2.73. The number of hydrogen-bond donors (Lipinski definition) is 6. The Morgan fingerprint density at radius 1 is 1.09 bits per heavy atom. The van der Waals surface area contributed by atoms with E-state index in [9.17, 15) is 19.2 Å². The van der Waals surface area contributed by atoms with Gasteiger partial charge in [-0.05, 0) is 12.3 Å². The highest BCUT2D eigenvalue weighted by atomic mass is 32.1. The van der Waals surface area contributed by atoms with Gasteiger partial charge in [0.15, 0.2) is 0 Å². The molecule has 10 heteroatoms. The first-order chi connectivity index (χ1) is 10.7. The molecule has 3 amide bonds. The number of thiol groups is 1. The summed E-state index contributed by atoms with van der Waals surface area (Å²) in [5.74, 6) is -2.69. The summed E-state index contributed by atoms with van der Waals surface area (Å²) in [5, 5.41) is 15.3. The van der Waals surface area contributed by atoms with E-state index in [2.05, 4.69) is 28.6 Å². The Kier molecular flexibility index (Phi) is 9.99. The predicted molar refractivity (Wildman–Crippen MR) is 86.9 cm³/mol. The number of carbonyl (C=O) groups is 4. The van der Waals surface area contributed by atoms with Gasteiger partial charge in [0, 0.05) is 5.75 Å². The molecule has 0 saturated carbocycles. The molecule has 0 aromatic carbocycles. The zero-order chi connectivity index (χ0) is 18.0. The van der Waals surface area contributed by atoms with Crippen molar-refractivity contribution in [3.05, 3.63) is 0 Å². The zero-order valence-electron chi connectivity index (χ0n) is 13.2. The van der Waals surface area contributed by atoms with Crippen LogP contribution in [-0.4, -0.2) is 59.7 Å². The number of nitrogens with two attached hydrogens (primary N) is 1. The van der Waals surface area contributed by atoms with E-state index in [0.29, 0.717) is 6.42 Å². The summed E-state index contributed by atoms with van der Waals surface area (Å²) in [6, 6.07) is -1.70. The zero-order valence-corrected chi connectivity index (χ0v) is 14.1. The average Bonchev–Trinajstić information content (AvgIpc) is 2.46. The number of carbonyl (C=O) groups excluding carboxylic acids is 3. The van der Waals surface area contributed by atoms with Gasteiger partial charge in [-0.1, -0.05) is 13.8 Å². The monoisotopic (exact) mass is 348 g/mol. The van der Waals surface area contributed by atoms with E-state index in [1.807, 2.05) is 13.8 Å². The van der Waals surface area contributed by atoms with Gasteiger partial charge in [-0.25, -0.2) is 0 Å². The molecule has 0 aliphatic carbocycles. The van der Waals surface area contributed by atoms with E-state index >= 15 is 0 Å². The quantitative estimate of drug-likeness (QED) is 0.254. The van der Waals surface area contributed by atoms with Crippen molar-refractivity contribution < 1.29 is 24.3 Å². The fourth-order valence-electron chi connectivity index (χ4n) is 1.64. The van der Waals surface area contributed by atoms with E-state index in [1.54, 1.807) is 0 Å². The van der Waals surface area contributed by atoms with Gasteiger partial charge < -0.3 is 26.8 Å². The van der Waals surface area contributed by atoms with Crippen LogP contribution in [0.15, 0.2) is 0 Å².